The van der Waals surface area contributed by atoms with E-state index in [1.807, 2.05) is 25.1 Å². The lowest BCUT2D eigenvalue weighted by molar-refractivity contribution is 0.374. The van der Waals surface area contributed by atoms with E-state index in [2.05, 4.69) is 20.3 Å². The van der Waals surface area contributed by atoms with Gasteiger partial charge in [0, 0.05) is 11.5 Å². The molecular weight excluding hydrogens is 425 g/mol. The molecule has 1 fully saturated rings. The van der Waals surface area contributed by atoms with E-state index in [1.54, 1.807) is 28.8 Å². The molecule has 9 heteroatoms. The number of rotatable bonds is 6. The van der Waals surface area contributed by atoms with Gasteiger partial charge in [0.15, 0.2) is 16.8 Å². The van der Waals surface area contributed by atoms with E-state index in [4.69, 9.17) is 16.1 Å². The second kappa shape index (κ2) is 7.85. The molecular formula is C21H17ClFN5OS. The molecule has 1 aliphatic carbocycles. The molecule has 0 radical (unpaired) electrons. The van der Waals surface area contributed by atoms with E-state index in [0.29, 0.717) is 39.1 Å². The second-order valence-electron chi connectivity index (χ2n) is 7.10. The van der Waals surface area contributed by atoms with Gasteiger partial charge in [0.25, 0.3) is 0 Å². The first kappa shape index (κ1) is 19.3. The van der Waals surface area contributed by atoms with E-state index in [-0.39, 0.29) is 11.1 Å². The zero-order chi connectivity index (χ0) is 20.7. The Hall–Kier alpha value is -2.71. The summed E-state index contributed by atoms with van der Waals surface area (Å²) in [6, 6.07) is 13.8. The Morgan fingerprint density at radius 3 is 2.67 bits per heavy atom. The van der Waals surface area contributed by atoms with Crippen molar-refractivity contribution in [1.82, 2.24) is 24.9 Å². The SMILES string of the molecule is CC(Sc1nnc(-c2ccccc2Cl)n1-c1ccccc1F)c1nc(C2CC2)no1. The zero-order valence-electron chi connectivity index (χ0n) is 16.0. The van der Waals surface area contributed by atoms with Crippen LogP contribution in [0, 0.1) is 5.82 Å². The largest absolute Gasteiger partial charge is 0.338 e. The first-order valence-electron chi connectivity index (χ1n) is 9.57. The standard InChI is InChI=1S/C21H17ClFN5OS/c1-12(20-24-18(27-29-20)13-10-11-13)30-21-26-25-19(14-6-2-3-7-15(14)22)28(21)17-9-5-4-8-16(17)23/h2-9,12-13H,10-11H2,1H3. The maximum absolute atomic E-state index is 14.7. The molecule has 0 spiro atoms. The minimum absolute atomic E-state index is 0.182. The molecule has 0 N–H and O–H groups in total. The van der Waals surface area contributed by atoms with Gasteiger partial charge in [0.05, 0.1) is 16.0 Å². The summed E-state index contributed by atoms with van der Waals surface area (Å²) < 4.78 is 21.9. The van der Waals surface area contributed by atoms with Gasteiger partial charge in [-0.1, -0.05) is 52.8 Å². The molecule has 1 unspecified atom stereocenters. The summed E-state index contributed by atoms with van der Waals surface area (Å²) in [6.07, 6.45) is 2.20. The van der Waals surface area contributed by atoms with Crippen LogP contribution in [-0.2, 0) is 0 Å². The van der Waals surface area contributed by atoms with Crippen molar-refractivity contribution < 1.29 is 8.91 Å². The van der Waals surface area contributed by atoms with Gasteiger partial charge in [-0.05, 0) is 44.0 Å². The van der Waals surface area contributed by atoms with Crippen molar-refractivity contribution in [3.05, 3.63) is 71.1 Å². The summed E-state index contributed by atoms with van der Waals surface area (Å²) in [7, 11) is 0. The highest BCUT2D eigenvalue weighted by Gasteiger charge is 2.30. The van der Waals surface area contributed by atoms with E-state index in [0.717, 1.165) is 18.7 Å². The summed E-state index contributed by atoms with van der Waals surface area (Å²) in [5.74, 6) is 1.76. The van der Waals surface area contributed by atoms with Crippen LogP contribution in [0.25, 0.3) is 17.1 Å². The predicted octanol–water partition coefficient (Wildman–Crippen LogP) is 5.84. The van der Waals surface area contributed by atoms with Crippen molar-refractivity contribution in [2.75, 3.05) is 0 Å². The van der Waals surface area contributed by atoms with Gasteiger partial charge in [-0.15, -0.1) is 10.2 Å². The van der Waals surface area contributed by atoms with Gasteiger partial charge >= 0.3 is 0 Å². The Labute approximate surface area is 181 Å². The number of aromatic nitrogens is 5. The van der Waals surface area contributed by atoms with Gasteiger partial charge in [0.1, 0.15) is 5.82 Å². The van der Waals surface area contributed by atoms with E-state index in [9.17, 15) is 4.39 Å². The Bertz CT molecular complexity index is 1210. The Balaban J connectivity index is 1.56. The lowest BCUT2D eigenvalue weighted by Crippen LogP contribution is -2.03. The number of thioether (sulfide) groups is 1. The molecule has 1 aliphatic rings. The lowest BCUT2D eigenvalue weighted by atomic mass is 10.2. The minimum atomic E-state index is -0.381. The highest BCUT2D eigenvalue weighted by Crippen LogP contribution is 2.41. The molecule has 152 valence electrons. The van der Waals surface area contributed by atoms with Crippen LogP contribution in [0.5, 0.6) is 0 Å². The summed E-state index contributed by atoms with van der Waals surface area (Å²) in [5, 5.41) is 13.6. The summed E-state index contributed by atoms with van der Waals surface area (Å²) in [5.41, 5.74) is 1.01. The maximum Gasteiger partial charge on any atom is 0.239 e. The molecule has 0 bridgehead atoms. The van der Waals surface area contributed by atoms with Crippen LogP contribution in [0.2, 0.25) is 5.02 Å². The van der Waals surface area contributed by atoms with Crippen molar-refractivity contribution in [2.45, 2.75) is 36.1 Å². The number of halogens is 2. The summed E-state index contributed by atoms with van der Waals surface area (Å²) >= 11 is 7.77. The fourth-order valence-electron chi connectivity index (χ4n) is 3.14. The molecule has 2 aromatic heterocycles. The van der Waals surface area contributed by atoms with Crippen LogP contribution >= 0.6 is 23.4 Å². The average molecular weight is 442 g/mol. The lowest BCUT2D eigenvalue weighted by Gasteiger charge is -2.13. The molecule has 1 saturated carbocycles. The van der Waals surface area contributed by atoms with Gasteiger partial charge < -0.3 is 4.52 Å². The third-order valence-electron chi connectivity index (χ3n) is 4.87. The van der Waals surface area contributed by atoms with Crippen LogP contribution in [0.3, 0.4) is 0 Å². The third kappa shape index (κ3) is 3.61. The zero-order valence-corrected chi connectivity index (χ0v) is 17.6. The molecule has 0 amide bonds. The maximum atomic E-state index is 14.7. The van der Waals surface area contributed by atoms with Gasteiger partial charge in [0.2, 0.25) is 5.89 Å². The molecule has 6 nitrogen and oxygen atoms in total. The van der Waals surface area contributed by atoms with Crippen LogP contribution in [0.15, 0.2) is 58.2 Å². The second-order valence-corrected chi connectivity index (χ2v) is 8.81. The molecule has 2 aromatic carbocycles. The summed E-state index contributed by atoms with van der Waals surface area (Å²) in [6.45, 7) is 1.95. The molecule has 5 rings (SSSR count). The molecule has 1 atom stereocenters. The smallest absolute Gasteiger partial charge is 0.239 e. The van der Waals surface area contributed by atoms with Crippen molar-refractivity contribution in [1.29, 1.82) is 0 Å². The van der Waals surface area contributed by atoms with E-state index in [1.165, 1.54) is 17.8 Å². The van der Waals surface area contributed by atoms with Crippen LogP contribution in [0.4, 0.5) is 4.39 Å². The number of hydrogen-bond acceptors (Lipinski definition) is 6. The van der Waals surface area contributed by atoms with Gasteiger partial charge in [-0.25, -0.2) is 4.39 Å². The fraction of sp³-hybridized carbons (Fsp3) is 0.238. The molecule has 0 aliphatic heterocycles. The molecule has 0 saturated heterocycles. The molecule has 4 aromatic rings. The number of nitrogens with zero attached hydrogens (tertiary/aromatic N) is 5. The normalized spacial score (nSPS) is 14.8. The van der Waals surface area contributed by atoms with Crippen LogP contribution in [-0.4, -0.2) is 24.9 Å². The van der Waals surface area contributed by atoms with Crippen molar-refractivity contribution in [3.8, 4) is 17.1 Å². The van der Waals surface area contributed by atoms with Crippen LogP contribution in [0.1, 0.15) is 42.6 Å². The number of hydrogen-bond donors (Lipinski definition) is 0. The molecule has 2 heterocycles. The van der Waals surface area contributed by atoms with E-state index < -0.39 is 0 Å². The third-order valence-corrected chi connectivity index (χ3v) is 6.23. The first-order chi connectivity index (χ1) is 14.6. The van der Waals surface area contributed by atoms with Gasteiger partial charge in [-0.3, -0.25) is 4.57 Å². The van der Waals surface area contributed by atoms with Crippen molar-refractivity contribution in [2.24, 2.45) is 0 Å². The Morgan fingerprint density at radius 2 is 1.90 bits per heavy atom. The number of para-hydroxylation sites is 1. The Morgan fingerprint density at radius 1 is 1.13 bits per heavy atom. The first-order valence-corrected chi connectivity index (χ1v) is 10.8. The quantitative estimate of drug-likeness (QED) is 0.350. The van der Waals surface area contributed by atoms with E-state index >= 15 is 0 Å². The highest BCUT2D eigenvalue weighted by molar-refractivity contribution is 7.99. The van der Waals surface area contributed by atoms with Gasteiger partial charge in [-0.2, -0.15) is 4.98 Å². The minimum Gasteiger partial charge on any atom is -0.338 e. The van der Waals surface area contributed by atoms with Crippen molar-refractivity contribution in [3.63, 3.8) is 0 Å². The highest BCUT2D eigenvalue weighted by atomic mass is 35.5. The average Bonchev–Trinajstić information content (AvgIpc) is 3.33. The fourth-order valence-corrected chi connectivity index (χ4v) is 4.25. The summed E-state index contributed by atoms with van der Waals surface area (Å²) in [4.78, 5) is 4.52. The molecule has 30 heavy (non-hydrogen) atoms. The Kier molecular flexibility index (Phi) is 5.04. The van der Waals surface area contributed by atoms with Crippen molar-refractivity contribution >= 4 is 23.4 Å². The van der Waals surface area contributed by atoms with Crippen LogP contribution < -0.4 is 0 Å². The topological polar surface area (TPSA) is 69.6 Å². The number of benzene rings is 2. The monoisotopic (exact) mass is 441 g/mol. The predicted molar refractivity (Wildman–Crippen MR) is 112 cm³/mol.